The lowest BCUT2D eigenvalue weighted by atomic mass is 9.89. The molecule has 1 amide bonds. The summed E-state index contributed by atoms with van der Waals surface area (Å²) in [5.41, 5.74) is 0.593. The molecule has 1 aliphatic rings. The Morgan fingerprint density at radius 1 is 1.45 bits per heavy atom. The van der Waals surface area contributed by atoms with Crippen LogP contribution >= 0.6 is 0 Å². The topological polar surface area (TPSA) is 63.2 Å². The third kappa shape index (κ3) is 3.97. The van der Waals surface area contributed by atoms with E-state index in [9.17, 15) is 4.79 Å². The normalized spacial score (nSPS) is 21.6. The van der Waals surface area contributed by atoms with Crippen LogP contribution < -0.4 is 10.6 Å². The predicted octanol–water partition coefficient (Wildman–Crippen LogP) is 2.84. The van der Waals surface area contributed by atoms with Gasteiger partial charge in [-0.25, -0.2) is 4.98 Å². The zero-order valence-corrected chi connectivity index (χ0v) is 13.8. The van der Waals surface area contributed by atoms with Crippen LogP contribution in [-0.2, 0) is 4.74 Å². The summed E-state index contributed by atoms with van der Waals surface area (Å²) >= 11 is 0. The molecule has 2 rings (SSSR count). The summed E-state index contributed by atoms with van der Waals surface area (Å²) < 4.78 is 5.95. The van der Waals surface area contributed by atoms with Gasteiger partial charge in [-0.05, 0) is 30.9 Å². The number of anilines is 1. The van der Waals surface area contributed by atoms with Crippen LogP contribution in [0, 0.1) is 5.92 Å². The molecule has 1 saturated heterocycles. The van der Waals surface area contributed by atoms with Crippen LogP contribution in [0.4, 0.5) is 5.82 Å². The van der Waals surface area contributed by atoms with Gasteiger partial charge in [-0.15, -0.1) is 0 Å². The molecule has 5 heteroatoms. The van der Waals surface area contributed by atoms with Crippen LogP contribution in [0.1, 0.15) is 49.9 Å². The van der Waals surface area contributed by atoms with E-state index >= 15 is 0 Å². The van der Waals surface area contributed by atoms with Crippen LogP contribution in [-0.4, -0.2) is 36.7 Å². The van der Waals surface area contributed by atoms with E-state index < -0.39 is 0 Å². The van der Waals surface area contributed by atoms with Gasteiger partial charge in [-0.1, -0.05) is 26.7 Å². The molecule has 1 aromatic rings. The molecule has 0 radical (unpaired) electrons. The van der Waals surface area contributed by atoms with Crippen molar-refractivity contribution in [2.45, 2.75) is 51.7 Å². The van der Waals surface area contributed by atoms with Crippen molar-refractivity contribution in [1.29, 1.82) is 0 Å². The Balaban J connectivity index is 2.06. The molecule has 0 saturated carbocycles. The Bertz CT molecular complexity index is 489. The average Bonchev–Trinajstić information content (AvgIpc) is 2.56. The lowest BCUT2D eigenvalue weighted by Gasteiger charge is -2.34. The van der Waals surface area contributed by atoms with Gasteiger partial charge in [0, 0.05) is 25.9 Å². The highest BCUT2D eigenvalue weighted by Crippen LogP contribution is 2.27. The maximum atomic E-state index is 11.9. The fourth-order valence-corrected chi connectivity index (χ4v) is 3.13. The summed E-state index contributed by atoms with van der Waals surface area (Å²) in [7, 11) is 1.64. The standard InChI is InChI=1S/C17H27N3O2/c1-4-12(5-2)15-11-13(8-10-22-15)20-16-14(17(21)18-3)7-6-9-19-16/h6-7,9,12-13,15H,4-5,8,10-11H2,1-3H3,(H,18,21)(H,19,20)/t13-,15+/m1/s1. The molecular weight excluding hydrogens is 278 g/mol. The fourth-order valence-electron chi connectivity index (χ4n) is 3.13. The van der Waals surface area contributed by atoms with Gasteiger partial charge < -0.3 is 15.4 Å². The number of nitrogens with zero attached hydrogens (tertiary/aromatic N) is 1. The Labute approximate surface area is 132 Å². The first-order valence-electron chi connectivity index (χ1n) is 8.24. The lowest BCUT2D eigenvalue weighted by molar-refractivity contribution is -0.0271. The summed E-state index contributed by atoms with van der Waals surface area (Å²) in [4.78, 5) is 16.3. The Morgan fingerprint density at radius 3 is 2.91 bits per heavy atom. The van der Waals surface area contributed by atoms with Gasteiger partial charge >= 0.3 is 0 Å². The van der Waals surface area contributed by atoms with E-state index in [2.05, 4.69) is 29.5 Å². The number of carbonyl (C=O) groups excluding carboxylic acids is 1. The molecule has 0 aromatic carbocycles. The van der Waals surface area contributed by atoms with E-state index in [1.807, 2.05) is 0 Å². The largest absolute Gasteiger partial charge is 0.378 e. The Hall–Kier alpha value is -1.62. The Morgan fingerprint density at radius 2 is 2.23 bits per heavy atom. The highest BCUT2D eigenvalue weighted by molar-refractivity contribution is 5.98. The SMILES string of the molecule is CCC(CC)[C@@H]1C[C@H](Nc2ncccc2C(=O)NC)CCO1. The molecule has 22 heavy (non-hydrogen) atoms. The number of pyridine rings is 1. The van der Waals surface area contributed by atoms with E-state index in [-0.39, 0.29) is 5.91 Å². The van der Waals surface area contributed by atoms with Crippen molar-refractivity contribution in [1.82, 2.24) is 10.3 Å². The number of ether oxygens (including phenoxy) is 1. The number of hydrogen-bond donors (Lipinski definition) is 2. The number of aromatic nitrogens is 1. The van der Waals surface area contributed by atoms with Crippen LogP contribution in [0.5, 0.6) is 0 Å². The van der Waals surface area contributed by atoms with Gasteiger partial charge in [0.1, 0.15) is 5.82 Å². The monoisotopic (exact) mass is 305 g/mol. The van der Waals surface area contributed by atoms with Gasteiger partial charge in [0.05, 0.1) is 11.7 Å². The van der Waals surface area contributed by atoms with E-state index in [1.165, 1.54) is 0 Å². The number of amides is 1. The van der Waals surface area contributed by atoms with Crippen LogP contribution in [0.15, 0.2) is 18.3 Å². The maximum Gasteiger partial charge on any atom is 0.254 e. The molecule has 1 aromatic heterocycles. The second-order valence-electron chi connectivity index (χ2n) is 5.83. The summed E-state index contributed by atoms with van der Waals surface area (Å²) in [6.07, 6.45) is 6.21. The summed E-state index contributed by atoms with van der Waals surface area (Å²) in [6, 6.07) is 3.89. The zero-order valence-electron chi connectivity index (χ0n) is 13.8. The van der Waals surface area contributed by atoms with Crippen LogP contribution in [0.2, 0.25) is 0 Å². The second-order valence-corrected chi connectivity index (χ2v) is 5.83. The van der Waals surface area contributed by atoms with Crippen molar-refractivity contribution in [2.75, 3.05) is 19.0 Å². The molecule has 1 fully saturated rings. The van der Waals surface area contributed by atoms with Crippen molar-refractivity contribution in [3.05, 3.63) is 23.9 Å². The molecule has 0 unspecified atom stereocenters. The van der Waals surface area contributed by atoms with Crippen LogP contribution in [0.3, 0.4) is 0 Å². The quantitative estimate of drug-likeness (QED) is 0.848. The van der Waals surface area contributed by atoms with Crippen molar-refractivity contribution < 1.29 is 9.53 Å². The molecule has 5 nitrogen and oxygen atoms in total. The molecular formula is C17H27N3O2. The van der Waals surface area contributed by atoms with Crippen molar-refractivity contribution >= 4 is 11.7 Å². The highest BCUT2D eigenvalue weighted by Gasteiger charge is 2.28. The van der Waals surface area contributed by atoms with E-state index in [0.717, 1.165) is 32.3 Å². The summed E-state index contributed by atoms with van der Waals surface area (Å²) in [5, 5.41) is 6.11. The predicted molar refractivity (Wildman–Crippen MR) is 88.1 cm³/mol. The highest BCUT2D eigenvalue weighted by atomic mass is 16.5. The first-order valence-corrected chi connectivity index (χ1v) is 8.24. The van der Waals surface area contributed by atoms with E-state index in [1.54, 1.807) is 25.4 Å². The molecule has 0 spiro atoms. The molecule has 122 valence electrons. The molecule has 0 bridgehead atoms. The third-order valence-electron chi connectivity index (χ3n) is 4.51. The average molecular weight is 305 g/mol. The number of rotatable bonds is 6. The number of carbonyl (C=O) groups is 1. The molecule has 0 aliphatic carbocycles. The molecule has 2 atom stereocenters. The first kappa shape index (κ1) is 16.7. The van der Waals surface area contributed by atoms with Crippen LogP contribution in [0.25, 0.3) is 0 Å². The smallest absolute Gasteiger partial charge is 0.254 e. The van der Waals surface area contributed by atoms with Crippen molar-refractivity contribution in [3.8, 4) is 0 Å². The van der Waals surface area contributed by atoms with Gasteiger partial charge in [-0.2, -0.15) is 0 Å². The van der Waals surface area contributed by atoms with Gasteiger partial charge in [0.2, 0.25) is 0 Å². The lowest BCUT2D eigenvalue weighted by Crippen LogP contribution is -2.38. The Kier molecular flexibility index (Phi) is 6.19. The second kappa shape index (κ2) is 8.13. The molecule has 2 heterocycles. The minimum Gasteiger partial charge on any atom is -0.378 e. The first-order chi connectivity index (χ1) is 10.7. The van der Waals surface area contributed by atoms with Gasteiger partial charge in [0.15, 0.2) is 0 Å². The van der Waals surface area contributed by atoms with E-state index in [0.29, 0.717) is 29.4 Å². The van der Waals surface area contributed by atoms with Gasteiger partial charge in [0.25, 0.3) is 5.91 Å². The maximum absolute atomic E-state index is 11.9. The molecule has 2 N–H and O–H groups in total. The van der Waals surface area contributed by atoms with Crippen molar-refractivity contribution in [3.63, 3.8) is 0 Å². The minimum absolute atomic E-state index is 0.112. The summed E-state index contributed by atoms with van der Waals surface area (Å²) in [6.45, 7) is 5.20. The fraction of sp³-hybridized carbons (Fsp3) is 0.647. The third-order valence-corrected chi connectivity index (χ3v) is 4.51. The van der Waals surface area contributed by atoms with Gasteiger partial charge in [-0.3, -0.25) is 4.79 Å². The summed E-state index contributed by atoms with van der Waals surface area (Å²) in [5.74, 6) is 1.16. The van der Waals surface area contributed by atoms with Crippen molar-refractivity contribution in [2.24, 2.45) is 5.92 Å². The number of hydrogen-bond acceptors (Lipinski definition) is 4. The minimum atomic E-state index is -0.112. The number of nitrogens with one attached hydrogen (secondary N) is 2. The van der Waals surface area contributed by atoms with E-state index in [4.69, 9.17) is 4.74 Å². The molecule has 1 aliphatic heterocycles. The zero-order chi connectivity index (χ0) is 15.9.